The molecule has 0 unspecified atom stereocenters. The number of nitrogens with zero attached hydrogens (tertiary/aromatic N) is 3. The summed E-state index contributed by atoms with van der Waals surface area (Å²) < 4.78 is 31.0. The summed E-state index contributed by atoms with van der Waals surface area (Å²) in [4.78, 5) is 12.2. The summed E-state index contributed by atoms with van der Waals surface area (Å²) in [5.74, 6) is -0.426. The number of carbonyl (C=O) groups excluding carboxylic acids is 1. The number of amides is 1. The molecular weight excluding hydrogens is 362 g/mol. The fourth-order valence-corrected chi connectivity index (χ4v) is 2.90. The Hall–Kier alpha value is -2.94. The zero-order valence-corrected chi connectivity index (χ0v) is 14.2. The van der Waals surface area contributed by atoms with Gasteiger partial charge >= 0.3 is 6.61 Å². The van der Waals surface area contributed by atoms with Crippen molar-refractivity contribution in [1.29, 1.82) is 0 Å². The maximum atomic E-state index is 12.4. The fraction of sp³-hybridized carbons (Fsp3) is 0.118. The Kier molecular flexibility index (Phi) is 5.80. The van der Waals surface area contributed by atoms with Crippen LogP contribution in [-0.4, -0.2) is 33.0 Å². The molecule has 0 spiro atoms. The highest BCUT2D eigenvalue weighted by Gasteiger charge is 2.13. The lowest BCUT2D eigenvalue weighted by Gasteiger charge is -2.11. The monoisotopic (exact) mass is 376 g/mol. The molecule has 0 bridgehead atoms. The molecule has 6 nitrogen and oxygen atoms in total. The van der Waals surface area contributed by atoms with Gasteiger partial charge in [0.2, 0.25) is 5.91 Å². The molecule has 0 radical (unpaired) electrons. The van der Waals surface area contributed by atoms with Gasteiger partial charge in [-0.05, 0) is 24.3 Å². The number of para-hydroxylation sites is 3. The van der Waals surface area contributed by atoms with Crippen LogP contribution in [0.2, 0.25) is 0 Å². The van der Waals surface area contributed by atoms with Crippen molar-refractivity contribution in [1.82, 2.24) is 14.8 Å². The molecule has 0 aliphatic rings. The molecule has 2 aromatic carbocycles. The number of rotatable bonds is 7. The highest BCUT2D eigenvalue weighted by atomic mass is 32.2. The molecule has 1 amide bonds. The number of benzene rings is 2. The van der Waals surface area contributed by atoms with Crippen LogP contribution in [0.4, 0.5) is 14.5 Å². The Morgan fingerprint density at radius 3 is 2.65 bits per heavy atom. The van der Waals surface area contributed by atoms with Crippen LogP contribution in [0.5, 0.6) is 5.75 Å². The Labute approximate surface area is 152 Å². The first-order chi connectivity index (χ1) is 12.6. The van der Waals surface area contributed by atoms with Crippen molar-refractivity contribution < 1.29 is 18.3 Å². The third-order valence-corrected chi connectivity index (χ3v) is 4.20. The van der Waals surface area contributed by atoms with Gasteiger partial charge in [0.15, 0.2) is 5.16 Å². The maximum absolute atomic E-state index is 12.4. The second-order valence-corrected chi connectivity index (χ2v) is 5.97. The molecule has 3 rings (SSSR count). The van der Waals surface area contributed by atoms with Crippen molar-refractivity contribution in [3.05, 3.63) is 60.9 Å². The van der Waals surface area contributed by atoms with Crippen LogP contribution in [0.25, 0.3) is 5.69 Å². The number of nitrogens with one attached hydrogen (secondary N) is 1. The second kappa shape index (κ2) is 8.43. The molecule has 3 aromatic rings. The lowest BCUT2D eigenvalue weighted by Crippen LogP contribution is -2.16. The van der Waals surface area contributed by atoms with Gasteiger partial charge in [-0.25, -0.2) is 0 Å². The van der Waals surface area contributed by atoms with E-state index >= 15 is 0 Å². The topological polar surface area (TPSA) is 69.0 Å². The van der Waals surface area contributed by atoms with Gasteiger partial charge in [0, 0.05) is 5.69 Å². The van der Waals surface area contributed by atoms with Crippen molar-refractivity contribution in [3.63, 3.8) is 0 Å². The zero-order valence-electron chi connectivity index (χ0n) is 13.4. The van der Waals surface area contributed by atoms with E-state index in [1.165, 1.54) is 23.9 Å². The summed E-state index contributed by atoms with van der Waals surface area (Å²) in [5, 5.41) is 11.0. The molecule has 9 heteroatoms. The van der Waals surface area contributed by atoms with Gasteiger partial charge < -0.3 is 10.1 Å². The molecule has 0 saturated carbocycles. The van der Waals surface area contributed by atoms with Gasteiger partial charge in [-0.2, -0.15) is 8.78 Å². The van der Waals surface area contributed by atoms with Crippen LogP contribution in [0.15, 0.2) is 66.1 Å². The minimum absolute atomic E-state index is 0.0362. The van der Waals surface area contributed by atoms with Crippen molar-refractivity contribution in [2.24, 2.45) is 0 Å². The van der Waals surface area contributed by atoms with Gasteiger partial charge in [0.05, 0.1) is 11.4 Å². The predicted molar refractivity (Wildman–Crippen MR) is 93.8 cm³/mol. The van der Waals surface area contributed by atoms with Crippen LogP contribution in [0.3, 0.4) is 0 Å². The first-order valence-electron chi connectivity index (χ1n) is 7.55. The van der Waals surface area contributed by atoms with Gasteiger partial charge in [-0.1, -0.05) is 42.1 Å². The van der Waals surface area contributed by atoms with Gasteiger partial charge in [-0.3, -0.25) is 9.36 Å². The first kappa shape index (κ1) is 17.9. The molecule has 1 aromatic heterocycles. The third kappa shape index (κ3) is 4.57. The highest BCUT2D eigenvalue weighted by molar-refractivity contribution is 7.99. The number of ether oxygens (including phenoxy) is 1. The summed E-state index contributed by atoms with van der Waals surface area (Å²) in [7, 11) is 0. The summed E-state index contributed by atoms with van der Waals surface area (Å²) in [6.07, 6.45) is 1.56. The lowest BCUT2D eigenvalue weighted by molar-refractivity contribution is -0.113. The highest BCUT2D eigenvalue weighted by Crippen LogP contribution is 2.26. The van der Waals surface area contributed by atoms with E-state index in [0.29, 0.717) is 5.16 Å². The Bertz CT molecular complexity index is 874. The largest absolute Gasteiger partial charge is 0.433 e. The quantitative estimate of drug-likeness (QED) is 0.638. The Morgan fingerprint density at radius 2 is 1.88 bits per heavy atom. The molecular formula is C17H14F2N4O2S. The first-order valence-corrected chi connectivity index (χ1v) is 8.54. The number of aromatic nitrogens is 3. The van der Waals surface area contributed by atoms with Gasteiger partial charge in [0.1, 0.15) is 12.1 Å². The van der Waals surface area contributed by atoms with Crippen LogP contribution < -0.4 is 10.1 Å². The van der Waals surface area contributed by atoms with E-state index in [9.17, 15) is 13.6 Å². The Morgan fingerprint density at radius 1 is 1.15 bits per heavy atom. The van der Waals surface area contributed by atoms with Crippen LogP contribution in [0, 0.1) is 0 Å². The third-order valence-electron chi connectivity index (χ3n) is 3.26. The van der Waals surface area contributed by atoms with Crippen LogP contribution >= 0.6 is 11.8 Å². The van der Waals surface area contributed by atoms with E-state index in [4.69, 9.17) is 0 Å². The summed E-state index contributed by atoms with van der Waals surface area (Å²) in [5.41, 5.74) is 1.05. The minimum Gasteiger partial charge on any atom is -0.433 e. The van der Waals surface area contributed by atoms with E-state index in [-0.39, 0.29) is 23.1 Å². The van der Waals surface area contributed by atoms with E-state index in [2.05, 4.69) is 20.3 Å². The molecule has 134 valence electrons. The summed E-state index contributed by atoms with van der Waals surface area (Å²) >= 11 is 1.18. The summed E-state index contributed by atoms with van der Waals surface area (Å²) in [6.45, 7) is -2.97. The summed E-state index contributed by atoms with van der Waals surface area (Å²) in [6, 6.07) is 15.5. The van der Waals surface area contributed by atoms with E-state index in [1.807, 2.05) is 30.3 Å². The number of alkyl halides is 2. The SMILES string of the molecule is O=C(CSc1nncn1-c1ccccc1)Nc1ccccc1OC(F)F. The molecule has 1 N–H and O–H groups in total. The average molecular weight is 376 g/mol. The molecule has 1 heterocycles. The van der Waals surface area contributed by atoms with E-state index < -0.39 is 6.61 Å². The number of hydrogen-bond donors (Lipinski definition) is 1. The molecule has 0 aliphatic carbocycles. The molecule has 0 fully saturated rings. The maximum Gasteiger partial charge on any atom is 0.387 e. The van der Waals surface area contributed by atoms with Crippen molar-refractivity contribution in [3.8, 4) is 11.4 Å². The fourth-order valence-electron chi connectivity index (χ4n) is 2.17. The number of anilines is 1. The number of carbonyl (C=O) groups is 1. The smallest absolute Gasteiger partial charge is 0.387 e. The van der Waals surface area contributed by atoms with Crippen LogP contribution in [0.1, 0.15) is 0 Å². The van der Waals surface area contributed by atoms with Gasteiger partial charge in [-0.15, -0.1) is 10.2 Å². The van der Waals surface area contributed by atoms with Gasteiger partial charge in [0.25, 0.3) is 0 Å². The molecule has 0 saturated heterocycles. The van der Waals surface area contributed by atoms with Crippen LogP contribution in [-0.2, 0) is 4.79 Å². The average Bonchev–Trinajstić information content (AvgIpc) is 3.10. The Balaban J connectivity index is 1.64. The zero-order chi connectivity index (χ0) is 18.4. The molecule has 0 aliphatic heterocycles. The molecule has 26 heavy (non-hydrogen) atoms. The van der Waals surface area contributed by atoms with Crippen molar-refractivity contribution >= 4 is 23.4 Å². The molecule has 0 atom stereocenters. The lowest BCUT2D eigenvalue weighted by atomic mass is 10.3. The number of thioether (sulfide) groups is 1. The van der Waals surface area contributed by atoms with Crippen molar-refractivity contribution in [2.45, 2.75) is 11.8 Å². The van der Waals surface area contributed by atoms with E-state index in [1.54, 1.807) is 23.0 Å². The second-order valence-electron chi connectivity index (χ2n) is 5.03. The predicted octanol–water partition coefficient (Wildman–Crippen LogP) is 3.60. The number of halogens is 2. The van der Waals surface area contributed by atoms with E-state index in [0.717, 1.165) is 5.69 Å². The normalized spacial score (nSPS) is 10.7. The number of hydrogen-bond acceptors (Lipinski definition) is 5. The van der Waals surface area contributed by atoms with Crippen molar-refractivity contribution in [2.75, 3.05) is 11.1 Å². The minimum atomic E-state index is -2.97. The standard InChI is InChI=1S/C17H14F2N4O2S/c18-16(19)25-14-9-5-4-8-13(14)21-15(24)10-26-17-22-20-11-23(17)12-6-2-1-3-7-12/h1-9,11,16H,10H2,(H,21,24).